The Bertz CT molecular complexity index is 132. The van der Waals surface area contributed by atoms with Gasteiger partial charge in [0.15, 0.2) is 0 Å². The normalized spacial score (nSPS) is 21.7. The van der Waals surface area contributed by atoms with Crippen LogP contribution in [-0.4, -0.2) is 24.0 Å². The number of likely N-dealkylation sites (tertiary alicyclic amines) is 1. The fraction of sp³-hybridized carbons (Fsp3) is 0.800. The molecule has 1 unspecified atom stereocenters. The van der Waals surface area contributed by atoms with Crippen LogP contribution in [0.3, 0.4) is 0 Å². The van der Waals surface area contributed by atoms with Crippen LogP contribution in [0.15, 0.2) is 12.3 Å². The molecule has 1 atom stereocenters. The highest BCUT2D eigenvalue weighted by atomic mass is 15.2. The predicted octanol–water partition coefficient (Wildman–Crippen LogP) is 1.97. The molecule has 2 nitrogen and oxygen atoms in total. The summed E-state index contributed by atoms with van der Waals surface area (Å²) in [4.78, 5) is 2.31. The summed E-state index contributed by atoms with van der Waals surface area (Å²) in [6.45, 7) is 11.9. The SMILES string of the molecule is C=C(CN)N1CCCC1C.CC. The maximum absolute atomic E-state index is 5.47. The van der Waals surface area contributed by atoms with E-state index in [2.05, 4.69) is 18.4 Å². The minimum absolute atomic E-state index is 0.602. The molecule has 0 aromatic heterocycles. The summed E-state index contributed by atoms with van der Waals surface area (Å²) in [5.41, 5.74) is 6.56. The van der Waals surface area contributed by atoms with Gasteiger partial charge in [0, 0.05) is 24.8 Å². The first-order chi connectivity index (χ1) is 5.75. The zero-order chi connectivity index (χ0) is 9.56. The summed E-state index contributed by atoms with van der Waals surface area (Å²) in [6, 6.07) is 0.663. The standard InChI is InChI=1S/C8H16N2.C2H6/c1-7-4-3-5-10(7)8(2)6-9;1-2/h7H,2-6,9H2,1H3;1-2H3. The fourth-order valence-electron chi connectivity index (χ4n) is 1.52. The predicted molar refractivity (Wildman–Crippen MR) is 54.9 cm³/mol. The summed E-state index contributed by atoms with van der Waals surface area (Å²) in [5, 5.41) is 0. The van der Waals surface area contributed by atoms with Crippen molar-refractivity contribution in [1.29, 1.82) is 0 Å². The van der Waals surface area contributed by atoms with Gasteiger partial charge in [-0.3, -0.25) is 0 Å². The van der Waals surface area contributed by atoms with Crippen LogP contribution in [0.5, 0.6) is 0 Å². The van der Waals surface area contributed by atoms with Crippen LogP contribution in [0.1, 0.15) is 33.6 Å². The van der Waals surface area contributed by atoms with E-state index < -0.39 is 0 Å². The highest BCUT2D eigenvalue weighted by molar-refractivity contribution is 4.99. The zero-order valence-corrected chi connectivity index (χ0v) is 8.64. The molecule has 1 fully saturated rings. The Labute approximate surface area is 76.4 Å². The Morgan fingerprint density at radius 1 is 1.58 bits per heavy atom. The Morgan fingerprint density at radius 2 is 2.17 bits per heavy atom. The van der Waals surface area contributed by atoms with Crippen LogP contribution in [0.4, 0.5) is 0 Å². The Morgan fingerprint density at radius 3 is 2.50 bits per heavy atom. The van der Waals surface area contributed by atoms with Gasteiger partial charge in [-0.05, 0) is 19.8 Å². The number of hydrogen-bond donors (Lipinski definition) is 1. The van der Waals surface area contributed by atoms with E-state index in [4.69, 9.17) is 5.73 Å². The van der Waals surface area contributed by atoms with E-state index in [-0.39, 0.29) is 0 Å². The fourth-order valence-corrected chi connectivity index (χ4v) is 1.52. The van der Waals surface area contributed by atoms with Crippen molar-refractivity contribution < 1.29 is 0 Å². The zero-order valence-electron chi connectivity index (χ0n) is 8.64. The molecule has 12 heavy (non-hydrogen) atoms. The smallest absolute Gasteiger partial charge is 0.0324 e. The molecule has 0 saturated carbocycles. The maximum Gasteiger partial charge on any atom is 0.0324 e. The summed E-state index contributed by atoms with van der Waals surface area (Å²) in [6.07, 6.45) is 2.58. The molecule has 0 aliphatic carbocycles. The molecular formula is C10H22N2. The van der Waals surface area contributed by atoms with E-state index in [0.717, 1.165) is 12.2 Å². The number of rotatable bonds is 2. The molecule has 0 radical (unpaired) electrons. The Balaban J connectivity index is 0.000000561. The molecule has 0 spiro atoms. The van der Waals surface area contributed by atoms with Crippen molar-refractivity contribution in [1.82, 2.24) is 4.90 Å². The maximum atomic E-state index is 5.47. The summed E-state index contributed by atoms with van der Waals surface area (Å²) in [7, 11) is 0. The first kappa shape index (κ1) is 11.5. The molecule has 0 amide bonds. The molecule has 2 heteroatoms. The van der Waals surface area contributed by atoms with Crippen molar-refractivity contribution in [2.75, 3.05) is 13.1 Å². The molecule has 0 aromatic carbocycles. The van der Waals surface area contributed by atoms with E-state index in [1.165, 1.54) is 12.8 Å². The van der Waals surface area contributed by atoms with Crippen LogP contribution in [0.2, 0.25) is 0 Å². The minimum Gasteiger partial charge on any atom is -0.372 e. The van der Waals surface area contributed by atoms with E-state index >= 15 is 0 Å². The highest BCUT2D eigenvalue weighted by Crippen LogP contribution is 2.19. The quantitative estimate of drug-likeness (QED) is 0.686. The van der Waals surface area contributed by atoms with E-state index in [9.17, 15) is 0 Å². The number of nitrogens with zero attached hydrogens (tertiary/aromatic N) is 1. The minimum atomic E-state index is 0.602. The second-order valence-corrected chi connectivity index (χ2v) is 2.95. The number of nitrogens with two attached hydrogens (primary N) is 1. The van der Waals surface area contributed by atoms with Gasteiger partial charge in [-0.15, -0.1) is 0 Å². The lowest BCUT2D eigenvalue weighted by Gasteiger charge is -2.24. The van der Waals surface area contributed by atoms with E-state index in [1.54, 1.807) is 0 Å². The van der Waals surface area contributed by atoms with Crippen LogP contribution in [-0.2, 0) is 0 Å². The first-order valence-electron chi connectivity index (χ1n) is 4.90. The molecule has 1 aliphatic rings. The van der Waals surface area contributed by atoms with Gasteiger partial charge in [0.05, 0.1) is 0 Å². The molecule has 1 aliphatic heterocycles. The lowest BCUT2D eigenvalue weighted by atomic mass is 10.2. The third-order valence-corrected chi connectivity index (χ3v) is 2.19. The molecule has 72 valence electrons. The first-order valence-corrected chi connectivity index (χ1v) is 4.90. The Hall–Kier alpha value is -0.500. The molecule has 1 rings (SSSR count). The average Bonchev–Trinajstić information content (AvgIpc) is 2.54. The van der Waals surface area contributed by atoms with Crippen molar-refractivity contribution in [2.24, 2.45) is 5.73 Å². The third kappa shape index (κ3) is 2.86. The molecule has 0 aromatic rings. The van der Waals surface area contributed by atoms with Crippen LogP contribution >= 0.6 is 0 Å². The van der Waals surface area contributed by atoms with E-state index in [1.807, 2.05) is 13.8 Å². The van der Waals surface area contributed by atoms with Crippen molar-refractivity contribution in [3.8, 4) is 0 Å². The Kier molecular flexibility index (Phi) is 5.81. The number of hydrogen-bond acceptors (Lipinski definition) is 2. The lowest BCUT2D eigenvalue weighted by Crippen LogP contribution is -2.29. The van der Waals surface area contributed by atoms with Crippen LogP contribution < -0.4 is 5.73 Å². The van der Waals surface area contributed by atoms with Gasteiger partial charge in [-0.1, -0.05) is 20.4 Å². The molecule has 1 saturated heterocycles. The van der Waals surface area contributed by atoms with Gasteiger partial charge in [0.25, 0.3) is 0 Å². The van der Waals surface area contributed by atoms with Crippen molar-refractivity contribution in [3.05, 3.63) is 12.3 Å². The average molecular weight is 170 g/mol. The topological polar surface area (TPSA) is 29.3 Å². The van der Waals surface area contributed by atoms with Crippen molar-refractivity contribution in [3.63, 3.8) is 0 Å². The lowest BCUT2D eigenvalue weighted by molar-refractivity contribution is 0.337. The second-order valence-electron chi connectivity index (χ2n) is 2.95. The van der Waals surface area contributed by atoms with Crippen LogP contribution in [0.25, 0.3) is 0 Å². The van der Waals surface area contributed by atoms with Gasteiger partial charge in [0.1, 0.15) is 0 Å². The van der Waals surface area contributed by atoms with Gasteiger partial charge >= 0.3 is 0 Å². The van der Waals surface area contributed by atoms with Gasteiger partial charge in [-0.2, -0.15) is 0 Å². The van der Waals surface area contributed by atoms with Crippen molar-refractivity contribution >= 4 is 0 Å². The molecule has 2 N–H and O–H groups in total. The summed E-state index contributed by atoms with van der Waals surface area (Å²) >= 11 is 0. The largest absolute Gasteiger partial charge is 0.372 e. The second kappa shape index (κ2) is 6.06. The third-order valence-electron chi connectivity index (χ3n) is 2.19. The molecule has 1 heterocycles. The monoisotopic (exact) mass is 170 g/mol. The molecular weight excluding hydrogens is 148 g/mol. The van der Waals surface area contributed by atoms with Crippen LogP contribution in [0, 0.1) is 0 Å². The molecule has 0 bridgehead atoms. The van der Waals surface area contributed by atoms with Gasteiger partial charge < -0.3 is 10.6 Å². The van der Waals surface area contributed by atoms with E-state index in [0.29, 0.717) is 12.6 Å². The van der Waals surface area contributed by atoms with Crippen molar-refractivity contribution in [2.45, 2.75) is 39.7 Å². The highest BCUT2D eigenvalue weighted by Gasteiger charge is 2.19. The van der Waals surface area contributed by atoms with Gasteiger partial charge in [0.2, 0.25) is 0 Å². The van der Waals surface area contributed by atoms with Gasteiger partial charge in [-0.25, -0.2) is 0 Å². The summed E-state index contributed by atoms with van der Waals surface area (Å²) in [5.74, 6) is 0. The summed E-state index contributed by atoms with van der Waals surface area (Å²) < 4.78 is 0.